The van der Waals surface area contributed by atoms with Gasteiger partial charge < -0.3 is 16.0 Å². The van der Waals surface area contributed by atoms with Gasteiger partial charge in [0.05, 0.1) is 5.52 Å². The summed E-state index contributed by atoms with van der Waals surface area (Å²) in [6, 6.07) is 20.7. The monoisotopic (exact) mass is 465 g/mol. The summed E-state index contributed by atoms with van der Waals surface area (Å²) in [5.41, 5.74) is 5.16. The predicted molar refractivity (Wildman–Crippen MR) is 142 cm³/mol. The lowest BCUT2D eigenvalue weighted by atomic mass is 10.1. The lowest BCUT2D eigenvalue weighted by molar-refractivity contribution is 0.102. The van der Waals surface area contributed by atoms with E-state index in [9.17, 15) is 9.18 Å². The van der Waals surface area contributed by atoms with E-state index in [0.29, 0.717) is 22.2 Å². The second kappa shape index (κ2) is 10.9. The minimum Gasteiger partial charge on any atom is -0.356 e. The van der Waals surface area contributed by atoms with Crippen molar-refractivity contribution in [3.63, 3.8) is 0 Å². The van der Waals surface area contributed by atoms with Gasteiger partial charge in [-0.2, -0.15) is 0 Å². The number of nitrogens with zero attached hydrogens (tertiary/aromatic N) is 2. The van der Waals surface area contributed by atoms with Gasteiger partial charge in [0.2, 0.25) is 0 Å². The molecule has 0 aliphatic rings. The number of aliphatic imine (C=N–C) groups is 1. The fourth-order valence-electron chi connectivity index (χ4n) is 3.44. The normalized spacial score (nSPS) is 11.4. The molecule has 0 unspecified atom stereocenters. The van der Waals surface area contributed by atoms with E-state index in [-0.39, 0.29) is 11.7 Å². The molecule has 0 aliphatic heterocycles. The first-order valence-electron chi connectivity index (χ1n) is 10.9. The van der Waals surface area contributed by atoms with Crippen molar-refractivity contribution in [3.8, 4) is 0 Å². The molecule has 3 N–H and O–H groups in total. The summed E-state index contributed by atoms with van der Waals surface area (Å²) in [6.07, 6.45) is 7.01. The summed E-state index contributed by atoms with van der Waals surface area (Å²) in [5, 5.41) is 10.1. The summed E-state index contributed by atoms with van der Waals surface area (Å²) >= 11 is 0. The van der Waals surface area contributed by atoms with Crippen LogP contribution in [-0.2, 0) is 0 Å². The zero-order chi connectivity index (χ0) is 24.6. The van der Waals surface area contributed by atoms with Gasteiger partial charge in [-0.05, 0) is 92.5 Å². The predicted octanol–water partition coefficient (Wildman–Crippen LogP) is 6.90. The second-order valence-electron chi connectivity index (χ2n) is 7.62. The van der Waals surface area contributed by atoms with E-state index in [0.717, 1.165) is 22.8 Å². The van der Waals surface area contributed by atoms with Crippen LogP contribution in [0.4, 0.5) is 27.1 Å². The van der Waals surface area contributed by atoms with Crippen molar-refractivity contribution in [2.45, 2.75) is 6.92 Å². The van der Waals surface area contributed by atoms with Crippen LogP contribution in [0.1, 0.15) is 17.3 Å². The average molecular weight is 466 g/mol. The molecule has 0 saturated heterocycles. The Kier molecular flexibility index (Phi) is 7.28. The first-order chi connectivity index (χ1) is 17.1. The number of hydrogen-bond donors (Lipinski definition) is 3. The number of allylic oxidation sites excluding steroid dienone is 2. The molecule has 4 rings (SSSR count). The van der Waals surface area contributed by atoms with E-state index in [4.69, 9.17) is 0 Å². The van der Waals surface area contributed by atoms with Crippen LogP contribution < -0.4 is 16.0 Å². The Morgan fingerprint density at radius 1 is 0.943 bits per heavy atom. The molecule has 1 aromatic heterocycles. The second-order valence-corrected chi connectivity index (χ2v) is 7.62. The molecule has 0 fully saturated rings. The van der Waals surface area contributed by atoms with E-state index < -0.39 is 0 Å². The van der Waals surface area contributed by atoms with Gasteiger partial charge in [0.15, 0.2) is 0 Å². The number of halogens is 1. The Bertz CT molecular complexity index is 1410. The van der Waals surface area contributed by atoms with Crippen LogP contribution in [0, 0.1) is 5.82 Å². The maximum atomic E-state index is 13.7. The Morgan fingerprint density at radius 2 is 1.63 bits per heavy atom. The Morgan fingerprint density at radius 3 is 2.31 bits per heavy atom. The average Bonchev–Trinajstić information content (AvgIpc) is 2.88. The number of fused-ring (bicyclic) bond motifs is 1. The summed E-state index contributed by atoms with van der Waals surface area (Å²) < 4.78 is 13.7. The molecule has 4 aromatic rings. The highest BCUT2D eigenvalue weighted by Gasteiger charge is 2.08. The largest absolute Gasteiger partial charge is 0.356 e. The fourth-order valence-corrected chi connectivity index (χ4v) is 3.44. The molecule has 0 radical (unpaired) electrons. The number of amides is 1. The highest BCUT2D eigenvalue weighted by Crippen LogP contribution is 2.26. The lowest BCUT2D eigenvalue weighted by Crippen LogP contribution is -2.11. The van der Waals surface area contributed by atoms with Crippen molar-refractivity contribution in [1.29, 1.82) is 0 Å². The maximum Gasteiger partial charge on any atom is 0.255 e. The summed E-state index contributed by atoms with van der Waals surface area (Å²) in [4.78, 5) is 20.7. The van der Waals surface area contributed by atoms with Gasteiger partial charge in [0.25, 0.3) is 5.91 Å². The Balaban J connectivity index is 1.40. The van der Waals surface area contributed by atoms with Crippen molar-refractivity contribution in [2.75, 3.05) is 16.0 Å². The van der Waals surface area contributed by atoms with E-state index in [1.807, 2.05) is 43.3 Å². The topological polar surface area (TPSA) is 78.4 Å². The van der Waals surface area contributed by atoms with Crippen LogP contribution in [0.25, 0.3) is 10.9 Å². The molecule has 1 heterocycles. The Labute approximate surface area is 202 Å². The van der Waals surface area contributed by atoms with E-state index in [1.165, 1.54) is 12.1 Å². The Hall–Kier alpha value is -4.78. The maximum absolute atomic E-state index is 13.7. The SMILES string of the molecule is C=N/C=C\C(=C/C)Nc1ccc(NC(=O)c2ccc(Nc3ccnc4ccc(F)cc34)cc2)cc1. The van der Waals surface area contributed by atoms with Gasteiger partial charge in [-0.25, -0.2) is 4.39 Å². The molecule has 174 valence electrons. The zero-order valence-corrected chi connectivity index (χ0v) is 19.1. The minimum absolute atomic E-state index is 0.220. The van der Waals surface area contributed by atoms with Gasteiger partial charge in [-0.3, -0.25) is 14.8 Å². The highest BCUT2D eigenvalue weighted by molar-refractivity contribution is 6.04. The van der Waals surface area contributed by atoms with Gasteiger partial charge in [0, 0.05) is 51.8 Å². The fraction of sp³-hybridized carbons (Fsp3) is 0.0357. The molecule has 0 saturated carbocycles. The van der Waals surface area contributed by atoms with Gasteiger partial charge in [0.1, 0.15) is 5.82 Å². The van der Waals surface area contributed by atoms with E-state index in [2.05, 4.69) is 32.6 Å². The van der Waals surface area contributed by atoms with Crippen molar-refractivity contribution in [3.05, 3.63) is 114 Å². The highest BCUT2D eigenvalue weighted by atomic mass is 19.1. The molecule has 0 atom stereocenters. The number of carbonyl (C=O) groups is 1. The number of hydrogen-bond acceptors (Lipinski definition) is 5. The van der Waals surface area contributed by atoms with Gasteiger partial charge >= 0.3 is 0 Å². The number of rotatable bonds is 8. The number of anilines is 4. The van der Waals surface area contributed by atoms with E-state index >= 15 is 0 Å². The summed E-state index contributed by atoms with van der Waals surface area (Å²) in [5.74, 6) is -0.545. The molecule has 35 heavy (non-hydrogen) atoms. The molecular weight excluding hydrogens is 441 g/mol. The van der Waals surface area contributed by atoms with E-state index in [1.54, 1.807) is 48.8 Å². The quantitative estimate of drug-likeness (QED) is 0.195. The van der Waals surface area contributed by atoms with Crippen molar-refractivity contribution < 1.29 is 9.18 Å². The molecule has 3 aromatic carbocycles. The smallest absolute Gasteiger partial charge is 0.255 e. The molecule has 6 nitrogen and oxygen atoms in total. The molecule has 0 spiro atoms. The minimum atomic E-state index is -0.325. The van der Waals surface area contributed by atoms with Crippen LogP contribution in [-0.4, -0.2) is 17.6 Å². The number of aromatic nitrogens is 1. The number of benzene rings is 3. The van der Waals surface area contributed by atoms with Crippen molar-refractivity contribution in [2.24, 2.45) is 4.99 Å². The molecule has 0 bridgehead atoms. The van der Waals surface area contributed by atoms with Crippen LogP contribution in [0.15, 0.2) is 108 Å². The zero-order valence-electron chi connectivity index (χ0n) is 19.1. The number of carbonyl (C=O) groups excluding carboxylic acids is 1. The number of nitrogens with one attached hydrogen (secondary N) is 3. The molecular formula is C28H24FN5O. The van der Waals surface area contributed by atoms with Crippen LogP contribution >= 0.6 is 0 Å². The van der Waals surface area contributed by atoms with Gasteiger partial charge in [-0.1, -0.05) is 6.08 Å². The van der Waals surface area contributed by atoms with Crippen LogP contribution in [0.5, 0.6) is 0 Å². The van der Waals surface area contributed by atoms with Crippen LogP contribution in [0.2, 0.25) is 0 Å². The first kappa shape index (κ1) is 23.4. The van der Waals surface area contributed by atoms with Crippen molar-refractivity contribution >= 4 is 46.3 Å². The third-order valence-electron chi connectivity index (χ3n) is 5.23. The van der Waals surface area contributed by atoms with Crippen molar-refractivity contribution in [1.82, 2.24) is 4.98 Å². The first-order valence-corrected chi connectivity index (χ1v) is 10.9. The summed E-state index contributed by atoms with van der Waals surface area (Å²) in [6.45, 7) is 5.35. The standard InChI is InChI=1S/C28H24FN5O/c1-3-21(14-16-30-2)32-22-9-11-24(12-10-22)34-28(35)19-4-7-23(8-5-19)33-27-15-17-31-26-13-6-20(29)18-25(26)27/h3-18,32H,2H2,1H3,(H,31,33)(H,34,35)/b16-14-,21-3+. The lowest BCUT2D eigenvalue weighted by Gasteiger charge is -2.11. The van der Waals surface area contributed by atoms with Gasteiger partial charge in [-0.15, -0.1) is 0 Å². The molecule has 0 aliphatic carbocycles. The third-order valence-corrected chi connectivity index (χ3v) is 5.23. The summed E-state index contributed by atoms with van der Waals surface area (Å²) in [7, 11) is 0. The molecule has 1 amide bonds. The number of pyridine rings is 1. The molecule has 7 heteroatoms. The van der Waals surface area contributed by atoms with Crippen LogP contribution in [0.3, 0.4) is 0 Å². The third kappa shape index (κ3) is 5.97.